The summed E-state index contributed by atoms with van der Waals surface area (Å²) in [7, 11) is 1.65. The molecule has 26 heavy (non-hydrogen) atoms. The van der Waals surface area contributed by atoms with Crippen molar-refractivity contribution >= 4 is 11.8 Å². The number of carbonyl (C=O) groups excluding carboxylic acids is 2. The summed E-state index contributed by atoms with van der Waals surface area (Å²) >= 11 is 0. The van der Waals surface area contributed by atoms with Gasteiger partial charge in [0.05, 0.1) is 24.0 Å². The van der Waals surface area contributed by atoms with E-state index in [1.165, 1.54) is 0 Å². The number of amides is 2. The molecule has 0 N–H and O–H groups in total. The van der Waals surface area contributed by atoms with Gasteiger partial charge >= 0.3 is 0 Å². The summed E-state index contributed by atoms with van der Waals surface area (Å²) in [4.78, 5) is 34.0. The number of ether oxygens (including phenoxy) is 1. The van der Waals surface area contributed by atoms with E-state index < -0.39 is 5.41 Å². The summed E-state index contributed by atoms with van der Waals surface area (Å²) in [5.41, 5.74) is 0.376. The van der Waals surface area contributed by atoms with Gasteiger partial charge in [0.25, 0.3) is 0 Å². The minimum absolute atomic E-state index is 0.0435. The van der Waals surface area contributed by atoms with Crippen LogP contribution in [0.3, 0.4) is 0 Å². The highest BCUT2D eigenvalue weighted by Crippen LogP contribution is 2.49. The Morgan fingerprint density at radius 2 is 2.23 bits per heavy atom. The monoisotopic (exact) mass is 362 g/mol. The van der Waals surface area contributed by atoms with E-state index in [4.69, 9.17) is 4.74 Å². The maximum absolute atomic E-state index is 13.3. The molecule has 2 aliphatic rings. The van der Waals surface area contributed by atoms with Gasteiger partial charge in [-0.05, 0) is 20.3 Å². The van der Waals surface area contributed by atoms with Gasteiger partial charge in [-0.15, -0.1) is 0 Å². The second-order valence-electron chi connectivity index (χ2n) is 7.71. The molecular formula is C19H30N4O3. The second kappa shape index (κ2) is 7.39. The topological polar surface area (TPSA) is 67.7 Å². The number of hydrogen-bond donors (Lipinski definition) is 0. The molecule has 0 aromatic carbocycles. The third kappa shape index (κ3) is 3.13. The van der Waals surface area contributed by atoms with Crippen LogP contribution in [0.5, 0.6) is 0 Å². The number of hydrogen-bond acceptors (Lipinski definition) is 4. The Bertz CT molecular complexity index is 671. The molecule has 1 aromatic rings. The van der Waals surface area contributed by atoms with Gasteiger partial charge in [-0.3, -0.25) is 9.59 Å². The van der Waals surface area contributed by atoms with Gasteiger partial charge in [0.1, 0.15) is 0 Å². The molecule has 1 spiro atoms. The number of nitrogens with zero attached hydrogens (tertiary/aromatic N) is 4. The van der Waals surface area contributed by atoms with Crippen molar-refractivity contribution in [1.82, 2.24) is 19.4 Å². The number of aromatic nitrogens is 2. The predicted molar refractivity (Wildman–Crippen MR) is 97.7 cm³/mol. The minimum atomic E-state index is -0.547. The summed E-state index contributed by atoms with van der Waals surface area (Å²) < 4.78 is 7.21. The third-order valence-corrected chi connectivity index (χ3v) is 5.88. The van der Waals surface area contributed by atoms with Gasteiger partial charge in [0, 0.05) is 57.9 Å². The van der Waals surface area contributed by atoms with Crippen molar-refractivity contribution in [3.63, 3.8) is 0 Å². The molecule has 2 amide bonds. The molecule has 0 saturated carbocycles. The molecule has 0 aliphatic carbocycles. The first kappa shape index (κ1) is 18.9. The van der Waals surface area contributed by atoms with E-state index in [-0.39, 0.29) is 17.7 Å². The molecule has 1 aromatic heterocycles. The van der Waals surface area contributed by atoms with Gasteiger partial charge in [-0.25, -0.2) is 4.98 Å². The lowest BCUT2D eigenvalue weighted by Crippen LogP contribution is -2.41. The lowest BCUT2D eigenvalue weighted by Gasteiger charge is -2.27. The van der Waals surface area contributed by atoms with E-state index in [2.05, 4.69) is 23.4 Å². The van der Waals surface area contributed by atoms with Crippen LogP contribution < -0.4 is 0 Å². The Labute approximate surface area is 155 Å². The molecule has 2 saturated heterocycles. The van der Waals surface area contributed by atoms with Crippen LogP contribution in [0.15, 0.2) is 12.5 Å². The molecule has 7 nitrogen and oxygen atoms in total. The molecule has 2 fully saturated rings. The van der Waals surface area contributed by atoms with Crippen molar-refractivity contribution in [1.29, 1.82) is 0 Å². The fourth-order valence-corrected chi connectivity index (χ4v) is 4.26. The van der Waals surface area contributed by atoms with Crippen molar-refractivity contribution in [3.05, 3.63) is 18.2 Å². The molecule has 2 atom stereocenters. The summed E-state index contributed by atoms with van der Waals surface area (Å²) in [5, 5.41) is 0. The normalized spacial score (nSPS) is 25.9. The van der Waals surface area contributed by atoms with E-state index >= 15 is 0 Å². The van der Waals surface area contributed by atoms with Crippen LogP contribution in [-0.2, 0) is 14.3 Å². The van der Waals surface area contributed by atoms with E-state index in [0.29, 0.717) is 38.7 Å². The lowest BCUT2D eigenvalue weighted by molar-refractivity contribution is -0.137. The summed E-state index contributed by atoms with van der Waals surface area (Å²) in [5.74, 6) is 0.210. The van der Waals surface area contributed by atoms with E-state index in [0.717, 1.165) is 18.7 Å². The average Bonchev–Trinajstić information content (AvgIpc) is 3.32. The maximum atomic E-state index is 13.3. The molecule has 3 rings (SSSR count). The standard InChI is InChI=1S/C19H30N4O3/c1-5-17(24)22-10-15(16-11-23(13-20-16)14(2)3)19(12-22)6-7-21(18(19)25)8-9-26-4/h11,13-15H,5-10,12H2,1-4H3/t15-,19-/m0/s1. The number of imidazole rings is 1. The quantitative estimate of drug-likeness (QED) is 0.772. The SMILES string of the molecule is CCC(=O)N1C[C@@H](c2cn(C(C)C)cn2)[C@]2(CCN(CCOC)C2=O)C1. The van der Waals surface area contributed by atoms with Gasteiger partial charge in [0.15, 0.2) is 0 Å². The zero-order valence-corrected chi connectivity index (χ0v) is 16.3. The fourth-order valence-electron chi connectivity index (χ4n) is 4.26. The zero-order valence-electron chi connectivity index (χ0n) is 16.3. The van der Waals surface area contributed by atoms with E-state index in [1.807, 2.05) is 29.2 Å². The van der Waals surface area contributed by atoms with Crippen molar-refractivity contribution < 1.29 is 14.3 Å². The molecule has 7 heteroatoms. The largest absolute Gasteiger partial charge is 0.383 e. The average molecular weight is 362 g/mol. The summed E-state index contributed by atoms with van der Waals surface area (Å²) in [6, 6.07) is 0.319. The Morgan fingerprint density at radius 3 is 2.85 bits per heavy atom. The highest BCUT2D eigenvalue weighted by Gasteiger charge is 2.58. The van der Waals surface area contributed by atoms with Gasteiger partial charge < -0.3 is 19.1 Å². The smallest absolute Gasteiger partial charge is 0.231 e. The molecular weight excluding hydrogens is 332 g/mol. The van der Waals surface area contributed by atoms with Gasteiger partial charge in [-0.1, -0.05) is 6.92 Å². The molecule has 3 heterocycles. The number of carbonyl (C=O) groups is 2. The predicted octanol–water partition coefficient (Wildman–Crippen LogP) is 1.66. The van der Waals surface area contributed by atoms with Crippen LogP contribution in [0.4, 0.5) is 0 Å². The van der Waals surface area contributed by atoms with Crippen molar-refractivity contribution in [2.24, 2.45) is 5.41 Å². The molecule has 144 valence electrons. The first-order valence-corrected chi connectivity index (χ1v) is 9.52. The highest BCUT2D eigenvalue weighted by atomic mass is 16.5. The second-order valence-corrected chi connectivity index (χ2v) is 7.71. The minimum Gasteiger partial charge on any atom is -0.383 e. The lowest BCUT2D eigenvalue weighted by atomic mass is 9.75. The first-order valence-electron chi connectivity index (χ1n) is 9.52. The van der Waals surface area contributed by atoms with Gasteiger partial charge in [-0.2, -0.15) is 0 Å². The Hall–Kier alpha value is -1.89. The number of rotatable bonds is 6. The molecule has 0 unspecified atom stereocenters. The fraction of sp³-hybridized carbons (Fsp3) is 0.737. The van der Waals surface area contributed by atoms with Crippen LogP contribution in [0.2, 0.25) is 0 Å². The first-order chi connectivity index (χ1) is 12.4. The Balaban J connectivity index is 1.91. The summed E-state index contributed by atoms with van der Waals surface area (Å²) in [6.45, 7) is 9.02. The van der Waals surface area contributed by atoms with Crippen molar-refractivity contribution in [2.75, 3.05) is 39.9 Å². The van der Waals surface area contributed by atoms with Crippen LogP contribution in [-0.4, -0.2) is 71.1 Å². The van der Waals surface area contributed by atoms with E-state index in [9.17, 15) is 9.59 Å². The Morgan fingerprint density at radius 1 is 1.46 bits per heavy atom. The van der Waals surface area contributed by atoms with E-state index in [1.54, 1.807) is 7.11 Å². The molecule has 0 radical (unpaired) electrons. The number of likely N-dealkylation sites (tertiary alicyclic amines) is 2. The third-order valence-electron chi connectivity index (χ3n) is 5.88. The Kier molecular flexibility index (Phi) is 5.37. The van der Waals surface area contributed by atoms with Crippen LogP contribution in [0.1, 0.15) is 51.3 Å². The van der Waals surface area contributed by atoms with Crippen molar-refractivity contribution in [3.8, 4) is 0 Å². The summed E-state index contributed by atoms with van der Waals surface area (Å²) in [6.07, 6.45) is 5.11. The molecule has 0 bridgehead atoms. The van der Waals surface area contributed by atoms with Crippen LogP contribution >= 0.6 is 0 Å². The number of methoxy groups -OCH3 is 1. The van der Waals surface area contributed by atoms with Crippen molar-refractivity contribution in [2.45, 2.75) is 45.6 Å². The highest BCUT2D eigenvalue weighted by molar-refractivity contribution is 5.88. The van der Waals surface area contributed by atoms with Crippen LogP contribution in [0.25, 0.3) is 0 Å². The maximum Gasteiger partial charge on any atom is 0.231 e. The van der Waals surface area contributed by atoms with Crippen LogP contribution in [0, 0.1) is 5.41 Å². The zero-order chi connectivity index (χ0) is 18.9. The van der Waals surface area contributed by atoms with Gasteiger partial charge in [0.2, 0.25) is 11.8 Å². The molecule has 2 aliphatic heterocycles.